The first-order valence-corrected chi connectivity index (χ1v) is 14.9. The molecular weight excluding hydrogens is 516 g/mol. The van der Waals surface area contributed by atoms with Gasteiger partial charge in [-0.2, -0.15) is 0 Å². The van der Waals surface area contributed by atoms with E-state index in [1.807, 2.05) is 31.2 Å². The van der Waals surface area contributed by atoms with Gasteiger partial charge >= 0.3 is 11.9 Å². The predicted molar refractivity (Wildman–Crippen MR) is 163 cm³/mol. The first-order valence-electron chi connectivity index (χ1n) is 14.9. The summed E-state index contributed by atoms with van der Waals surface area (Å²) in [5, 5.41) is 0. The molecule has 3 aromatic rings. The van der Waals surface area contributed by atoms with Crippen molar-refractivity contribution in [3.05, 3.63) is 83.9 Å². The minimum absolute atomic E-state index is 0.0917. The molecule has 6 heteroatoms. The van der Waals surface area contributed by atoms with Crippen molar-refractivity contribution in [3.8, 4) is 22.6 Å². The maximum absolute atomic E-state index is 12.6. The second-order valence-electron chi connectivity index (χ2n) is 10.2. The van der Waals surface area contributed by atoms with E-state index in [2.05, 4.69) is 13.8 Å². The molecule has 0 bridgehead atoms. The van der Waals surface area contributed by atoms with E-state index in [-0.39, 0.29) is 12.1 Å². The summed E-state index contributed by atoms with van der Waals surface area (Å²) in [4.78, 5) is 25.1. The smallest absolute Gasteiger partial charge is 0.343 e. The minimum Gasteiger partial charge on any atom is -0.494 e. The van der Waals surface area contributed by atoms with Crippen molar-refractivity contribution in [3.63, 3.8) is 0 Å². The lowest BCUT2D eigenvalue weighted by atomic mass is 10.0. The highest BCUT2D eigenvalue weighted by molar-refractivity contribution is 5.91. The monoisotopic (exact) mass is 560 g/mol. The summed E-state index contributed by atoms with van der Waals surface area (Å²) >= 11 is 0. The Balaban J connectivity index is 1.44. The molecule has 0 unspecified atom stereocenters. The zero-order chi connectivity index (χ0) is 29.3. The maximum atomic E-state index is 12.6. The molecule has 0 heterocycles. The van der Waals surface area contributed by atoms with E-state index in [0.29, 0.717) is 35.8 Å². The highest BCUT2D eigenvalue weighted by Gasteiger charge is 2.13. The summed E-state index contributed by atoms with van der Waals surface area (Å²) < 4.78 is 22.4. The fourth-order valence-corrected chi connectivity index (χ4v) is 4.24. The Bertz CT molecular complexity index is 1170. The molecule has 0 saturated carbocycles. The minimum atomic E-state index is -0.434. The standard InChI is InChI=1S/C35H44O6/c1-4-6-8-9-11-27(3)40-34(36)30-14-12-28(13-15-30)29-16-22-33(23-17-29)41-35(37)31-18-20-32(21-19-31)39-26-10-25-38-24-7-5-2/h12-23,27H,4-11,24-26H2,1-3H3/t27-/m0/s1. The number of carbonyl (C=O) groups excluding carboxylic acids is 2. The van der Waals surface area contributed by atoms with Crippen molar-refractivity contribution in [1.29, 1.82) is 0 Å². The van der Waals surface area contributed by atoms with Crippen LogP contribution in [0.2, 0.25) is 0 Å². The molecule has 0 saturated heterocycles. The number of hydrogen-bond donors (Lipinski definition) is 0. The summed E-state index contributed by atoms with van der Waals surface area (Å²) in [5.41, 5.74) is 2.89. The highest BCUT2D eigenvalue weighted by Crippen LogP contribution is 2.24. The summed E-state index contributed by atoms with van der Waals surface area (Å²) in [7, 11) is 0. The molecule has 0 N–H and O–H groups in total. The van der Waals surface area contributed by atoms with E-state index in [1.165, 1.54) is 19.3 Å². The van der Waals surface area contributed by atoms with Gasteiger partial charge in [-0.3, -0.25) is 0 Å². The van der Waals surface area contributed by atoms with Crippen LogP contribution in [0, 0.1) is 0 Å². The van der Waals surface area contributed by atoms with E-state index in [9.17, 15) is 9.59 Å². The van der Waals surface area contributed by atoms with E-state index in [1.54, 1.807) is 48.5 Å². The van der Waals surface area contributed by atoms with E-state index >= 15 is 0 Å². The number of hydrogen-bond acceptors (Lipinski definition) is 6. The molecule has 0 aliphatic rings. The van der Waals surface area contributed by atoms with Gasteiger partial charge in [-0.25, -0.2) is 9.59 Å². The molecule has 3 rings (SSSR count). The van der Waals surface area contributed by atoms with Crippen molar-refractivity contribution < 1.29 is 28.5 Å². The van der Waals surface area contributed by atoms with Gasteiger partial charge in [0.2, 0.25) is 0 Å². The zero-order valence-corrected chi connectivity index (χ0v) is 24.7. The van der Waals surface area contributed by atoms with Gasteiger partial charge in [0.1, 0.15) is 11.5 Å². The first-order chi connectivity index (χ1) is 20.0. The van der Waals surface area contributed by atoms with Crippen LogP contribution in [0.4, 0.5) is 0 Å². The lowest BCUT2D eigenvalue weighted by Gasteiger charge is -2.13. The molecular formula is C35H44O6. The van der Waals surface area contributed by atoms with Gasteiger partial charge in [0.05, 0.1) is 23.8 Å². The Hall–Kier alpha value is -3.64. The van der Waals surface area contributed by atoms with Crippen LogP contribution >= 0.6 is 0 Å². The number of rotatable bonds is 18. The van der Waals surface area contributed by atoms with Crippen LogP contribution in [0.5, 0.6) is 11.5 Å². The molecule has 220 valence electrons. The highest BCUT2D eigenvalue weighted by atomic mass is 16.5. The number of benzene rings is 3. The number of esters is 2. The van der Waals surface area contributed by atoms with Crippen molar-refractivity contribution in [2.24, 2.45) is 0 Å². The Morgan fingerprint density at radius 3 is 1.83 bits per heavy atom. The van der Waals surface area contributed by atoms with Crippen LogP contribution in [0.25, 0.3) is 11.1 Å². The molecule has 6 nitrogen and oxygen atoms in total. The molecule has 0 radical (unpaired) electrons. The molecule has 0 spiro atoms. The van der Waals surface area contributed by atoms with Crippen LogP contribution < -0.4 is 9.47 Å². The summed E-state index contributed by atoms with van der Waals surface area (Å²) in [6.07, 6.45) is 8.47. The topological polar surface area (TPSA) is 71.1 Å². The first kappa shape index (κ1) is 31.9. The summed E-state index contributed by atoms with van der Waals surface area (Å²) in [5.74, 6) is 0.427. The second-order valence-corrected chi connectivity index (χ2v) is 10.2. The van der Waals surface area contributed by atoms with Gasteiger partial charge < -0.3 is 18.9 Å². The summed E-state index contributed by atoms with van der Waals surface area (Å²) in [6, 6.07) is 21.6. The Morgan fingerprint density at radius 2 is 1.17 bits per heavy atom. The zero-order valence-electron chi connectivity index (χ0n) is 24.7. The molecule has 0 aliphatic heterocycles. The molecule has 41 heavy (non-hydrogen) atoms. The van der Waals surface area contributed by atoms with Gasteiger partial charge in [-0.05, 0) is 85.8 Å². The quantitative estimate of drug-likeness (QED) is 0.0880. The van der Waals surface area contributed by atoms with Gasteiger partial charge in [-0.1, -0.05) is 63.8 Å². The summed E-state index contributed by atoms with van der Waals surface area (Å²) in [6.45, 7) is 8.31. The van der Waals surface area contributed by atoms with Gasteiger partial charge in [0.15, 0.2) is 0 Å². The molecule has 0 fully saturated rings. The van der Waals surface area contributed by atoms with Crippen molar-refractivity contribution in [2.75, 3.05) is 19.8 Å². The van der Waals surface area contributed by atoms with Crippen molar-refractivity contribution >= 4 is 11.9 Å². The SMILES string of the molecule is CCCCCC[C@H](C)OC(=O)c1ccc(-c2ccc(OC(=O)c3ccc(OCCCOCCCC)cc3)cc2)cc1. The predicted octanol–water partition coefficient (Wildman–Crippen LogP) is 8.67. The van der Waals surface area contributed by atoms with E-state index in [0.717, 1.165) is 49.8 Å². The van der Waals surface area contributed by atoms with E-state index < -0.39 is 5.97 Å². The lowest BCUT2D eigenvalue weighted by molar-refractivity contribution is 0.0319. The average Bonchev–Trinajstić information content (AvgIpc) is 2.99. The average molecular weight is 561 g/mol. The number of unbranched alkanes of at least 4 members (excludes halogenated alkanes) is 4. The molecule has 0 amide bonds. The van der Waals surface area contributed by atoms with Crippen molar-refractivity contribution in [2.45, 2.75) is 78.2 Å². The molecule has 0 aliphatic carbocycles. The maximum Gasteiger partial charge on any atom is 0.343 e. The largest absolute Gasteiger partial charge is 0.494 e. The van der Waals surface area contributed by atoms with Crippen LogP contribution in [0.15, 0.2) is 72.8 Å². The third-order valence-electron chi connectivity index (χ3n) is 6.73. The Kier molecular flexibility index (Phi) is 13.9. The Labute approximate surface area is 245 Å². The van der Waals surface area contributed by atoms with Gasteiger partial charge in [0, 0.05) is 19.6 Å². The second kappa shape index (κ2) is 17.9. The van der Waals surface area contributed by atoms with Crippen LogP contribution in [-0.4, -0.2) is 37.9 Å². The Morgan fingerprint density at radius 1 is 0.610 bits per heavy atom. The van der Waals surface area contributed by atoms with Gasteiger partial charge in [0.25, 0.3) is 0 Å². The molecule has 1 atom stereocenters. The van der Waals surface area contributed by atoms with Crippen LogP contribution in [-0.2, 0) is 9.47 Å². The van der Waals surface area contributed by atoms with Crippen molar-refractivity contribution in [1.82, 2.24) is 0 Å². The fourth-order valence-electron chi connectivity index (χ4n) is 4.24. The third-order valence-corrected chi connectivity index (χ3v) is 6.73. The molecule has 0 aromatic heterocycles. The number of ether oxygens (including phenoxy) is 4. The lowest BCUT2D eigenvalue weighted by Crippen LogP contribution is -2.15. The third kappa shape index (κ3) is 11.4. The van der Waals surface area contributed by atoms with E-state index in [4.69, 9.17) is 18.9 Å². The van der Waals surface area contributed by atoms with Crippen LogP contribution in [0.3, 0.4) is 0 Å². The fraction of sp³-hybridized carbons (Fsp3) is 0.429. The normalized spacial score (nSPS) is 11.6. The van der Waals surface area contributed by atoms with Gasteiger partial charge in [-0.15, -0.1) is 0 Å². The van der Waals surface area contributed by atoms with Crippen LogP contribution in [0.1, 0.15) is 92.9 Å². The number of carbonyl (C=O) groups is 2. The molecule has 3 aromatic carbocycles.